The Morgan fingerprint density at radius 2 is 1.62 bits per heavy atom. The first-order chi connectivity index (χ1) is 16.4. The molecular weight excluding hydrogens is 543 g/mol. The van der Waals surface area contributed by atoms with Crippen molar-refractivity contribution in [2.45, 2.75) is 39.0 Å². The van der Waals surface area contributed by atoms with Crippen LogP contribution >= 0.6 is 22.6 Å². The molecule has 1 N–H and O–H groups in total. The van der Waals surface area contributed by atoms with Gasteiger partial charge < -0.3 is 14.8 Å². The molecule has 0 saturated heterocycles. The van der Waals surface area contributed by atoms with E-state index in [4.69, 9.17) is 14.7 Å². The first-order valence-corrected chi connectivity index (χ1v) is 12.2. The molecule has 2 aromatic rings. The van der Waals surface area contributed by atoms with Crippen LogP contribution in [-0.2, 0) is 25.5 Å². The highest BCUT2D eigenvalue weighted by atomic mass is 127. The average molecular weight is 570 g/mol. The third kappa shape index (κ3) is 6.48. The molecule has 34 heavy (non-hydrogen) atoms. The number of esters is 2. The Balaban J connectivity index is 1.84. The summed E-state index contributed by atoms with van der Waals surface area (Å²) >= 11 is 2.21. The van der Waals surface area contributed by atoms with Gasteiger partial charge in [-0.25, -0.2) is 9.59 Å². The first-order valence-electron chi connectivity index (χ1n) is 11.1. The third-order valence-corrected chi connectivity index (χ3v) is 6.19. The minimum absolute atomic E-state index is 0.00683. The number of benzene rings is 2. The van der Waals surface area contributed by atoms with E-state index in [-0.39, 0.29) is 19.6 Å². The van der Waals surface area contributed by atoms with Gasteiger partial charge in [-0.1, -0.05) is 42.5 Å². The Morgan fingerprint density at radius 1 is 0.971 bits per heavy atom. The van der Waals surface area contributed by atoms with E-state index in [1.807, 2.05) is 67.6 Å². The molecule has 1 atom stereocenters. The normalized spacial score (nSPS) is 15.4. The lowest BCUT2D eigenvalue weighted by Gasteiger charge is -2.30. The summed E-state index contributed by atoms with van der Waals surface area (Å²) in [5.74, 6) is -1.64. The van der Waals surface area contributed by atoms with E-state index in [1.54, 1.807) is 6.92 Å². The van der Waals surface area contributed by atoms with E-state index in [9.17, 15) is 9.59 Å². The van der Waals surface area contributed by atoms with Crippen LogP contribution in [0.4, 0.5) is 0 Å². The number of halogens is 1. The molecule has 0 aromatic heterocycles. The second-order valence-corrected chi connectivity index (χ2v) is 9.21. The van der Waals surface area contributed by atoms with Gasteiger partial charge in [-0.2, -0.15) is 5.26 Å². The molecule has 0 radical (unpaired) electrons. The summed E-state index contributed by atoms with van der Waals surface area (Å²) in [5, 5.41) is 11.9. The largest absolute Gasteiger partial charge is 0.462 e. The topological polar surface area (TPSA) is 88.4 Å². The van der Waals surface area contributed by atoms with Crippen LogP contribution in [0.1, 0.15) is 43.7 Å². The van der Waals surface area contributed by atoms with Crippen molar-refractivity contribution in [3.8, 4) is 6.07 Å². The number of rotatable bonds is 9. The van der Waals surface area contributed by atoms with Crippen molar-refractivity contribution in [3.05, 3.63) is 91.8 Å². The second-order valence-electron chi connectivity index (χ2n) is 7.96. The predicted octanol–water partition coefficient (Wildman–Crippen LogP) is 5.16. The van der Waals surface area contributed by atoms with Gasteiger partial charge in [0.05, 0.1) is 36.2 Å². The molecule has 1 heterocycles. The number of nitrogens with zero attached hydrogens (tertiary/aromatic N) is 1. The van der Waals surface area contributed by atoms with Crippen LogP contribution in [0.25, 0.3) is 0 Å². The fourth-order valence-electron chi connectivity index (χ4n) is 3.99. The Labute approximate surface area is 213 Å². The molecule has 0 aliphatic carbocycles. The van der Waals surface area contributed by atoms with Crippen molar-refractivity contribution in [2.24, 2.45) is 0 Å². The standard InChI is InChI=1S/C27H27IN2O4/c1-18-23(26(31)33-15-7-11-20-9-4-3-5-10-20)25(21-12-6-13-22(28)17-21)24(19(2)30-18)27(32)34-16-8-14-29/h3-6,9-10,12-13,17,25,30H,7-8,11,15-16H2,1-2H3. The number of allylic oxidation sites excluding steroid dienone is 2. The number of hydrogen-bond donors (Lipinski definition) is 1. The van der Waals surface area contributed by atoms with Crippen LogP contribution in [-0.4, -0.2) is 25.2 Å². The molecule has 0 amide bonds. The van der Waals surface area contributed by atoms with E-state index >= 15 is 0 Å². The van der Waals surface area contributed by atoms with Crippen molar-refractivity contribution in [1.29, 1.82) is 5.26 Å². The maximum absolute atomic E-state index is 13.3. The molecule has 2 aromatic carbocycles. The number of nitrogens with one attached hydrogen (secondary N) is 1. The fourth-order valence-corrected chi connectivity index (χ4v) is 4.55. The smallest absolute Gasteiger partial charge is 0.336 e. The zero-order valence-corrected chi connectivity index (χ0v) is 21.4. The summed E-state index contributed by atoms with van der Waals surface area (Å²) in [5.41, 5.74) is 3.98. The van der Waals surface area contributed by atoms with Crippen molar-refractivity contribution < 1.29 is 19.1 Å². The Kier molecular flexibility index (Phi) is 9.28. The van der Waals surface area contributed by atoms with Gasteiger partial charge in [0, 0.05) is 15.0 Å². The van der Waals surface area contributed by atoms with Crippen LogP contribution in [0.3, 0.4) is 0 Å². The van der Waals surface area contributed by atoms with E-state index < -0.39 is 17.9 Å². The summed E-state index contributed by atoms with van der Waals surface area (Å²) in [7, 11) is 0. The summed E-state index contributed by atoms with van der Waals surface area (Å²) < 4.78 is 12.0. The molecule has 0 bridgehead atoms. The van der Waals surface area contributed by atoms with Gasteiger partial charge in [0.15, 0.2) is 0 Å². The van der Waals surface area contributed by atoms with E-state index in [0.29, 0.717) is 29.0 Å². The minimum Gasteiger partial charge on any atom is -0.462 e. The average Bonchev–Trinajstić information content (AvgIpc) is 2.82. The van der Waals surface area contributed by atoms with Crippen molar-refractivity contribution in [2.75, 3.05) is 13.2 Å². The molecular formula is C27H27IN2O4. The Hall–Kier alpha value is -3.12. The van der Waals surface area contributed by atoms with Gasteiger partial charge in [-0.3, -0.25) is 0 Å². The van der Waals surface area contributed by atoms with Gasteiger partial charge in [0.2, 0.25) is 0 Å². The number of carbonyl (C=O) groups excluding carboxylic acids is 2. The van der Waals surface area contributed by atoms with E-state index in [0.717, 1.165) is 15.6 Å². The lowest BCUT2D eigenvalue weighted by molar-refractivity contribution is -0.140. The Bertz CT molecular complexity index is 1150. The van der Waals surface area contributed by atoms with E-state index in [2.05, 4.69) is 27.9 Å². The maximum Gasteiger partial charge on any atom is 0.336 e. The summed E-state index contributed by atoms with van der Waals surface area (Å²) in [6, 6.07) is 19.7. The SMILES string of the molecule is CC1=C(C(=O)OCCC#N)C(c2cccc(I)c2)C(C(=O)OCCCc2ccccc2)=C(C)N1. The summed E-state index contributed by atoms with van der Waals surface area (Å²) in [6.07, 6.45) is 1.60. The zero-order valence-electron chi connectivity index (χ0n) is 19.3. The number of dihydropyridines is 1. The lowest BCUT2D eigenvalue weighted by Crippen LogP contribution is -2.32. The number of aryl methyl sites for hydroxylation is 1. The fraction of sp³-hybridized carbons (Fsp3) is 0.296. The second kappa shape index (κ2) is 12.4. The molecule has 1 aliphatic rings. The highest BCUT2D eigenvalue weighted by Gasteiger charge is 2.38. The molecule has 3 rings (SSSR count). The Morgan fingerprint density at radius 3 is 2.24 bits per heavy atom. The minimum atomic E-state index is -0.632. The molecule has 1 aliphatic heterocycles. The molecule has 0 saturated carbocycles. The van der Waals surface area contributed by atoms with Crippen LogP contribution in [0, 0.1) is 14.9 Å². The summed E-state index contributed by atoms with van der Waals surface area (Å²) in [4.78, 5) is 26.3. The van der Waals surface area contributed by atoms with Gasteiger partial charge in [-0.15, -0.1) is 0 Å². The van der Waals surface area contributed by atoms with Crippen molar-refractivity contribution in [1.82, 2.24) is 5.32 Å². The van der Waals surface area contributed by atoms with Crippen LogP contribution < -0.4 is 5.32 Å². The monoisotopic (exact) mass is 570 g/mol. The van der Waals surface area contributed by atoms with Crippen molar-refractivity contribution in [3.63, 3.8) is 0 Å². The number of hydrogen-bond acceptors (Lipinski definition) is 6. The quantitative estimate of drug-likeness (QED) is 0.255. The third-order valence-electron chi connectivity index (χ3n) is 5.51. The molecule has 176 valence electrons. The van der Waals surface area contributed by atoms with Gasteiger partial charge in [0.1, 0.15) is 6.61 Å². The number of nitriles is 1. The highest BCUT2D eigenvalue weighted by Crippen LogP contribution is 2.39. The molecule has 0 spiro atoms. The van der Waals surface area contributed by atoms with Gasteiger partial charge in [0.25, 0.3) is 0 Å². The number of carbonyl (C=O) groups is 2. The summed E-state index contributed by atoms with van der Waals surface area (Å²) in [6.45, 7) is 3.86. The lowest BCUT2D eigenvalue weighted by atomic mass is 9.80. The molecule has 1 unspecified atom stereocenters. The van der Waals surface area contributed by atoms with Crippen LogP contribution in [0.5, 0.6) is 0 Å². The molecule has 6 nitrogen and oxygen atoms in total. The first kappa shape index (κ1) is 25.5. The predicted molar refractivity (Wildman–Crippen MR) is 137 cm³/mol. The number of ether oxygens (including phenoxy) is 2. The van der Waals surface area contributed by atoms with Crippen molar-refractivity contribution >= 4 is 34.5 Å². The van der Waals surface area contributed by atoms with E-state index in [1.165, 1.54) is 5.56 Å². The van der Waals surface area contributed by atoms with Crippen LogP contribution in [0.2, 0.25) is 0 Å². The maximum atomic E-state index is 13.3. The highest BCUT2D eigenvalue weighted by molar-refractivity contribution is 14.1. The van der Waals surface area contributed by atoms with Crippen LogP contribution in [0.15, 0.2) is 77.1 Å². The van der Waals surface area contributed by atoms with Gasteiger partial charge >= 0.3 is 11.9 Å². The molecule has 7 heteroatoms. The molecule has 0 fully saturated rings. The zero-order chi connectivity index (χ0) is 24.5. The van der Waals surface area contributed by atoms with Gasteiger partial charge in [-0.05, 0) is 72.5 Å².